The van der Waals surface area contributed by atoms with E-state index in [1.807, 2.05) is 0 Å². The Kier molecular flexibility index (Phi) is 5.86. The number of hydrogen-bond donors (Lipinski definition) is 1. The summed E-state index contributed by atoms with van der Waals surface area (Å²) in [5.41, 5.74) is 2.86. The normalized spacial score (nSPS) is 18.1. The summed E-state index contributed by atoms with van der Waals surface area (Å²) in [7, 11) is 1.73. The van der Waals surface area contributed by atoms with Crippen molar-refractivity contribution in [1.29, 1.82) is 0 Å². The molecule has 20 heavy (non-hydrogen) atoms. The molecule has 1 aromatic carbocycles. The van der Waals surface area contributed by atoms with E-state index in [1.165, 1.54) is 24.0 Å². The van der Waals surface area contributed by atoms with Gasteiger partial charge in [0.05, 0.1) is 13.7 Å². The summed E-state index contributed by atoms with van der Waals surface area (Å²) in [6.07, 6.45) is 3.61. The molecule has 1 unspecified atom stereocenters. The lowest BCUT2D eigenvalue weighted by molar-refractivity contribution is 0.109. The van der Waals surface area contributed by atoms with Crippen LogP contribution in [-0.4, -0.2) is 26.9 Å². The Morgan fingerprint density at radius 1 is 1.35 bits per heavy atom. The van der Waals surface area contributed by atoms with Gasteiger partial charge in [-0.1, -0.05) is 19.9 Å². The minimum absolute atomic E-state index is 0.465. The minimum Gasteiger partial charge on any atom is -0.497 e. The van der Waals surface area contributed by atoms with E-state index in [0.29, 0.717) is 12.0 Å². The van der Waals surface area contributed by atoms with Gasteiger partial charge in [0.2, 0.25) is 0 Å². The van der Waals surface area contributed by atoms with E-state index in [1.54, 1.807) is 7.11 Å². The van der Waals surface area contributed by atoms with Gasteiger partial charge in [0, 0.05) is 19.2 Å². The molecular formula is C17H27NO2. The highest BCUT2D eigenvalue weighted by atomic mass is 16.5. The maximum absolute atomic E-state index is 5.63. The average molecular weight is 277 g/mol. The third-order valence-electron chi connectivity index (χ3n) is 3.75. The summed E-state index contributed by atoms with van der Waals surface area (Å²) in [6.45, 7) is 6.92. The van der Waals surface area contributed by atoms with Crippen LogP contribution in [0.2, 0.25) is 0 Å². The quantitative estimate of drug-likeness (QED) is 0.775. The highest BCUT2D eigenvalue weighted by Crippen LogP contribution is 2.31. The molecule has 1 aliphatic rings. The van der Waals surface area contributed by atoms with Crippen molar-refractivity contribution < 1.29 is 9.47 Å². The zero-order valence-corrected chi connectivity index (χ0v) is 12.9. The number of benzene rings is 1. The van der Waals surface area contributed by atoms with Gasteiger partial charge in [-0.3, -0.25) is 0 Å². The van der Waals surface area contributed by atoms with Gasteiger partial charge in [-0.05, 0) is 48.4 Å². The Morgan fingerprint density at radius 2 is 2.20 bits per heavy atom. The molecule has 1 aliphatic carbocycles. The number of hydrogen-bond acceptors (Lipinski definition) is 3. The van der Waals surface area contributed by atoms with E-state index in [0.717, 1.165) is 31.9 Å². The molecule has 3 nitrogen and oxygen atoms in total. The van der Waals surface area contributed by atoms with Crippen LogP contribution in [0.15, 0.2) is 18.2 Å². The van der Waals surface area contributed by atoms with Gasteiger partial charge in [0.1, 0.15) is 5.75 Å². The largest absolute Gasteiger partial charge is 0.497 e. The molecule has 0 saturated carbocycles. The lowest BCUT2D eigenvalue weighted by Crippen LogP contribution is -2.28. The van der Waals surface area contributed by atoms with Crippen LogP contribution in [0.1, 0.15) is 43.9 Å². The van der Waals surface area contributed by atoms with E-state index in [2.05, 4.69) is 37.4 Å². The molecule has 0 bridgehead atoms. The van der Waals surface area contributed by atoms with Crippen molar-refractivity contribution in [3.8, 4) is 5.75 Å². The zero-order valence-electron chi connectivity index (χ0n) is 12.9. The van der Waals surface area contributed by atoms with Gasteiger partial charge in [-0.15, -0.1) is 0 Å². The number of aryl methyl sites for hydroxylation is 1. The maximum Gasteiger partial charge on any atom is 0.119 e. The number of nitrogens with one attached hydrogen (secondary N) is 1. The molecule has 0 fully saturated rings. The smallest absolute Gasteiger partial charge is 0.119 e. The van der Waals surface area contributed by atoms with Gasteiger partial charge in [0.15, 0.2) is 0 Å². The molecule has 2 rings (SSSR count). The second-order valence-electron chi connectivity index (χ2n) is 5.93. The van der Waals surface area contributed by atoms with Gasteiger partial charge in [0.25, 0.3) is 0 Å². The average Bonchev–Trinajstić information content (AvgIpc) is 2.46. The molecule has 0 aliphatic heterocycles. The van der Waals surface area contributed by atoms with Gasteiger partial charge in [-0.25, -0.2) is 0 Å². The van der Waals surface area contributed by atoms with Crippen LogP contribution >= 0.6 is 0 Å². The summed E-state index contributed by atoms with van der Waals surface area (Å²) in [5.74, 6) is 1.57. The van der Waals surface area contributed by atoms with Crippen molar-refractivity contribution in [3.05, 3.63) is 29.3 Å². The Labute approximate surface area is 122 Å². The first-order valence-corrected chi connectivity index (χ1v) is 7.68. The molecule has 1 atom stereocenters. The fourth-order valence-corrected chi connectivity index (χ4v) is 2.75. The first-order valence-electron chi connectivity index (χ1n) is 7.68. The van der Waals surface area contributed by atoms with Crippen molar-refractivity contribution >= 4 is 0 Å². The molecule has 0 radical (unpaired) electrons. The highest BCUT2D eigenvalue weighted by Gasteiger charge is 2.19. The molecule has 112 valence electrons. The maximum atomic E-state index is 5.63. The van der Waals surface area contributed by atoms with E-state index in [9.17, 15) is 0 Å². The number of fused-ring (bicyclic) bond motifs is 1. The zero-order chi connectivity index (χ0) is 14.4. The van der Waals surface area contributed by atoms with Crippen molar-refractivity contribution in [1.82, 2.24) is 5.32 Å². The van der Waals surface area contributed by atoms with Crippen molar-refractivity contribution in [3.63, 3.8) is 0 Å². The summed E-state index contributed by atoms with van der Waals surface area (Å²) in [6, 6.07) is 6.92. The van der Waals surface area contributed by atoms with Crippen LogP contribution in [0.25, 0.3) is 0 Å². The standard InChI is InChI=1S/C17H27NO2/c1-13(2)12-20-10-9-18-17-6-4-5-14-11-15(19-3)7-8-16(14)17/h7-8,11,13,17-18H,4-6,9-10,12H2,1-3H3. The fourth-order valence-electron chi connectivity index (χ4n) is 2.75. The Morgan fingerprint density at radius 3 is 2.95 bits per heavy atom. The van der Waals surface area contributed by atoms with E-state index in [-0.39, 0.29) is 0 Å². The molecule has 0 saturated heterocycles. The van der Waals surface area contributed by atoms with Crippen LogP contribution in [0.3, 0.4) is 0 Å². The van der Waals surface area contributed by atoms with Crippen molar-refractivity contribution in [2.75, 3.05) is 26.9 Å². The summed E-state index contributed by atoms with van der Waals surface area (Å²) in [5, 5.41) is 3.62. The molecule has 0 spiro atoms. The SMILES string of the molecule is COc1ccc2c(c1)CCCC2NCCOCC(C)C. The molecule has 0 amide bonds. The molecule has 1 aromatic rings. The van der Waals surface area contributed by atoms with Crippen LogP contribution in [0, 0.1) is 5.92 Å². The lowest BCUT2D eigenvalue weighted by atomic mass is 9.87. The van der Waals surface area contributed by atoms with E-state index >= 15 is 0 Å². The molecule has 1 N–H and O–H groups in total. The topological polar surface area (TPSA) is 30.5 Å². The van der Waals surface area contributed by atoms with Gasteiger partial charge in [-0.2, -0.15) is 0 Å². The molecule has 0 aromatic heterocycles. The second-order valence-corrected chi connectivity index (χ2v) is 5.93. The molecular weight excluding hydrogens is 250 g/mol. The third-order valence-corrected chi connectivity index (χ3v) is 3.75. The minimum atomic E-state index is 0.465. The molecule has 3 heteroatoms. The number of ether oxygens (including phenoxy) is 2. The predicted octanol–water partition coefficient (Wildman–Crippen LogP) is 3.33. The van der Waals surface area contributed by atoms with Gasteiger partial charge >= 0.3 is 0 Å². The monoisotopic (exact) mass is 277 g/mol. The Hall–Kier alpha value is -1.06. The van der Waals surface area contributed by atoms with Crippen LogP contribution in [0.5, 0.6) is 5.75 Å². The van der Waals surface area contributed by atoms with E-state index < -0.39 is 0 Å². The van der Waals surface area contributed by atoms with Gasteiger partial charge < -0.3 is 14.8 Å². The Balaban J connectivity index is 1.85. The predicted molar refractivity (Wildman–Crippen MR) is 82.3 cm³/mol. The number of methoxy groups -OCH3 is 1. The summed E-state index contributed by atoms with van der Waals surface area (Å²) in [4.78, 5) is 0. The lowest BCUT2D eigenvalue weighted by Gasteiger charge is -2.27. The number of rotatable bonds is 7. The van der Waals surface area contributed by atoms with Crippen LogP contribution in [-0.2, 0) is 11.2 Å². The summed E-state index contributed by atoms with van der Waals surface area (Å²) >= 11 is 0. The van der Waals surface area contributed by atoms with E-state index in [4.69, 9.17) is 9.47 Å². The first kappa shape index (κ1) is 15.3. The summed E-state index contributed by atoms with van der Waals surface area (Å²) < 4.78 is 10.9. The molecule has 0 heterocycles. The third kappa shape index (κ3) is 4.22. The second kappa shape index (κ2) is 7.65. The van der Waals surface area contributed by atoms with Crippen molar-refractivity contribution in [2.24, 2.45) is 5.92 Å². The van der Waals surface area contributed by atoms with Crippen LogP contribution in [0.4, 0.5) is 0 Å². The Bertz CT molecular complexity index is 417. The highest BCUT2D eigenvalue weighted by molar-refractivity contribution is 5.39. The fraction of sp³-hybridized carbons (Fsp3) is 0.647. The van der Waals surface area contributed by atoms with Crippen LogP contribution < -0.4 is 10.1 Å². The first-order chi connectivity index (χ1) is 9.70. The van der Waals surface area contributed by atoms with Crippen molar-refractivity contribution in [2.45, 2.75) is 39.2 Å².